The molecule has 96 valence electrons. The summed E-state index contributed by atoms with van der Waals surface area (Å²) in [5, 5.41) is 0. The Kier molecular flexibility index (Phi) is 6.64. The van der Waals surface area contributed by atoms with Crippen molar-refractivity contribution in [3.05, 3.63) is 35.9 Å². The van der Waals surface area contributed by atoms with Crippen LogP contribution in [0.4, 0.5) is 0 Å². The second-order valence-corrected chi connectivity index (χ2v) is 4.27. The molecular formula is C16H20O2. The molecule has 1 aromatic rings. The molecule has 0 heterocycles. The zero-order chi connectivity index (χ0) is 13.2. The number of rotatable bonds is 5. The van der Waals surface area contributed by atoms with Crippen LogP contribution in [0, 0.1) is 11.8 Å². The number of hydrogen-bond donors (Lipinski definition) is 0. The van der Waals surface area contributed by atoms with Crippen molar-refractivity contribution < 1.29 is 9.53 Å². The monoisotopic (exact) mass is 244 g/mol. The SMILES string of the molecule is CCC(C)OC(=O)C#CCCCc1ccccc1. The van der Waals surface area contributed by atoms with Crippen LogP contribution in [0.5, 0.6) is 0 Å². The van der Waals surface area contributed by atoms with Crippen LogP contribution in [0.25, 0.3) is 0 Å². The molecule has 1 unspecified atom stereocenters. The van der Waals surface area contributed by atoms with Crippen molar-refractivity contribution >= 4 is 5.97 Å². The molecule has 2 heteroatoms. The van der Waals surface area contributed by atoms with Crippen LogP contribution in [0.1, 0.15) is 38.7 Å². The molecule has 0 aromatic heterocycles. The van der Waals surface area contributed by atoms with E-state index >= 15 is 0 Å². The van der Waals surface area contributed by atoms with E-state index in [1.807, 2.05) is 32.0 Å². The van der Waals surface area contributed by atoms with E-state index in [1.165, 1.54) is 5.56 Å². The molecule has 0 saturated carbocycles. The van der Waals surface area contributed by atoms with Crippen LogP contribution < -0.4 is 0 Å². The molecule has 0 spiro atoms. The number of carbonyl (C=O) groups excluding carboxylic acids is 1. The van der Waals surface area contributed by atoms with Gasteiger partial charge in [0.25, 0.3) is 0 Å². The number of hydrogen-bond acceptors (Lipinski definition) is 2. The molecule has 1 rings (SSSR count). The fourth-order valence-corrected chi connectivity index (χ4v) is 1.46. The number of benzene rings is 1. The van der Waals surface area contributed by atoms with Gasteiger partial charge < -0.3 is 4.74 Å². The molecule has 0 aliphatic carbocycles. The highest BCUT2D eigenvalue weighted by molar-refractivity contribution is 5.88. The van der Waals surface area contributed by atoms with Gasteiger partial charge in [-0.25, -0.2) is 4.79 Å². The van der Waals surface area contributed by atoms with E-state index in [2.05, 4.69) is 24.0 Å². The molecule has 0 aliphatic rings. The Morgan fingerprint density at radius 3 is 2.72 bits per heavy atom. The molecule has 1 aromatic carbocycles. The quantitative estimate of drug-likeness (QED) is 0.343. The van der Waals surface area contributed by atoms with Crippen molar-refractivity contribution in [2.45, 2.75) is 45.6 Å². The zero-order valence-electron chi connectivity index (χ0n) is 11.1. The van der Waals surface area contributed by atoms with Gasteiger partial charge in [-0.05, 0) is 31.7 Å². The first-order valence-corrected chi connectivity index (χ1v) is 6.45. The van der Waals surface area contributed by atoms with Crippen molar-refractivity contribution in [1.29, 1.82) is 0 Å². The van der Waals surface area contributed by atoms with Gasteiger partial charge in [-0.2, -0.15) is 0 Å². The largest absolute Gasteiger partial charge is 0.453 e. The zero-order valence-corrected chi connectivity index (χ0v) is 11.1. The highest BCUT2D eigenvalue weighted by Gasteiger charge is 2.02. The standard InChI is InChI=1S/C16H20O2/c1-3-14(2)18-16(17)13-9-5-8-12-15-10-6-4-7-11-15/h4,6-7,10-11,14H,3,5,8,12H2,1-2H3. The van der Waals surface area contributed by atoms with E-state index in [-0.39, 0.29) is 6.10 Å². The summed E-state index contributed by atoms with van der Waals surface area (Å²) in [7, 11) is 0. The van der Waals surface area contributed by atoms with Gasteiger partial charge in [0.15, 0.2) is 0 Å². The molecule has 0 saturated heterocycles. The minimum atomic E-state index is -0.413. The summed E-state index contributed by atoms with van der Waals surface area (Å²) in [6, 6.07) is 10.3. The van der Waals surface area contributed by atoms with Gasteiger partial charge in [0.2, 0.25) is 0 Å². The van der Waals surface area contributed by atoms with Crippen molar-refractivity contribution in [1.82, 2.24) is 0 Å². The Labute approximate surface area is 109 Å². The van der Waals surface area contributed by atoms with Gasteiger partial charge in [0.1, 0.15) is 0 Å². The summed E-state index contributed by atoms with van der Waals surface area (Å²) < 4.78 is 5.05. The summed E-state index contributed by atoms with van der Waals surface area (Å²) in [5.41, 5.74) is 1.31. The summed E-state index contributed by atoms with van der Waals surface area (Å²) in [6.45, 7) is 3.85. The van der Waals surface area contributed by atoms with Crippen LogP contribution in [-0.4, -0.2) is 12.1 Å². The first-order valence-electron chi connectivity index (χ1n) is 6.45. The molecule has 18 heavy (non-hydrogen) atoms. The Bertz CT molecular complexity index is 412. The molecule has 0 N–H and O–H groups in total. The van der Waals surface area contributed by atoms with Crippen LogP contribution in [0.2, 0.25) is 0 Å². The lowest BCUT2D eigenvalue weighted by Gasteiger charge is -2.06. The minimum Gasteiger partial charge on any atom is -0.453 e. The lowest BCUT2D eigenvalue weighted by molar-refractivity contribution is -0.141. The van der Waals surface area contributed by atoms with E-state index in [1.54, 1.807) is 0 Å². The maximum Gasteiger partial charge on any atom is 0.384 e. The van der Waals surface area contributed by atoms with E-state index < -0.39 is 5.97 Å². The van der Waals surface area contributed by atoms with Crippen molar-refractivity contribution in [3.8, 4) is 11.8 Å². The lowest BCUT2D eigenvalue weighted by Crippen LogP contribution is -2.11. The van der Waals surface area contributed by atoms with E-state index in [0.717, 1.165) is 25.7 Å². The Morgan fingerprint density at radius 2 is 2.06 bits per heavy atom. The highest BCUT2D eigenvalue weighted by Crippen LogP contribution is 2.03. The molecule has 0 amide bonds. The fourth-order valence-electron chi connectivity index (χ4n) is 1.46. The van der Waals surface area contributed by atoms with E-state index in [9.17, 15) is 4.79 Å². The smallest absolute Gasteiger partial charge is 0.384 e. The third-order valence-electron chi connectivity index (χ3n) is 2.68. The topological polar surface area (TPSA) is 26.3 Å². The van der Waals surface area contributed by atoms with E-state index in [0.29, 0.717) is 0 Å². The second kappa shape index (κ2) is 8.36. The molecule has 0 fully saturated rings. The van der Waals surface area contributed by atoms with Crippen molar-refractivity contribution in [3.63, 3.8) is 0 Å². The first kappa shape index (κ1) is 14.3. The van der Waals surface area contributed by atoms with Gasteiger partial charge in [0, 0.05) is 12.3 Å². The van der Waals surface area contributed by atoms with Crippen molar-refractivity contribution in [2.24, 2.45) is 0 Å². The van der Waals surface area contributed by atoms with Crippen molar-refractivity contribution in [2.75, 3.05) is 0 Å². The Balaban J connectivity index is 2.20. The van der Waals surface area contributed by atoms with Gasteiger partial charge >= 0.3 is 5.97 Å². The lowest BCUT2D eigenvalue weighted by atomic mass is 10.1. The normalized spacial score (nSPS) is 11.2. The molecule has 0 aliphatic heterocycles. The van der Waals surface area contributed by atoms with Gasteiger partial charge in [-0.15, -0.1) is 0 Å². The van der Waals surface area contributed by atoms with Crippen LogP contribution in [0.3, 0.4) is 0 Å². The maximum atomic E-state index is 11.2. The van der Waals surface area contributed by atoms with Gasteiger partial charge in [-0.1, -0.05) is 43.2 Å². The van der Waals surface area contributed by atoms with E-state index in [4.69, 9.17) is 4.74 Å². The number of aryl methyl sites for hydroxylation is 1. The third-order valence-corrected chi connectivity index (χ3v) is 2.68. The molecule has 1 atom stereocenters. The molecule has 2 nitrogen and oxygen atoms in total. The number of ether oxygens (including phenoxy) is 1. The van der Waals surface area contributed by atoms with Gasteiger partial charge in [-0.3, -0.25) is 0 Å². The maximum absolute atomic E-state index is 11.2. The molecule has 0 bridgehead atoms. The fraction of sp³-hybridized carbons (Fsp3) is 0.438. The predicted molar refractivity (Wildman–Crippen MR) is 73.0 cm³/mol. The third kappa shape index (κ3) is 6.10. The predicted octanol–water partition coefficient (Wildman–Crippen LogP) is 3.35. The first-order chi connectivity index (χ1) is 8.72. The minimum absolute atomic E-state index is 0.0453. The summed E-state index contributed by atoms with van der Waals surface area (Å²) in [6.07, 6.45) is 3.46. The Morgan fingerprint density at radius 1 is 1.33 bits per heavy atom. The number of carbonyl (C=O) groups is 1. The molecular weight excluding hydrogens is 224 g/mol. The average Bonchev–Trinajstić information content (AvgIpc) is 2.39. The van der Waals surface area contributed by atoms with Gasteiger partial charge in [0.05, 0.1) is 6.10 Å². The van der Waals surface area contributed by atoms with Crippen LogP contribution in [0.15, 0.2) is 30.3 Å². The average molecular weight is 244 g/mol. The summed E-state index contributed by atoms with van der Waals surface area (Å²) in [4.78, 5) is 11.2. The number of esters is 1. The summed E-state index contributed by atoms with van der Waals surface area (Å²) >= 11 is 0. The summed E-state index contributed by atoms with van der Waals surface area (Å²) in [5.74, 6) is 4.97. The highest BCUT2D eigenvalue weighted by atomic mass is 16.5. The molecule has 0 radical (unpaired) electrons. The second-order valence-electron chi connectivity index (χ2n) is 4.27. The Hall–Kier alpha value is -1.75. The number of unbranched alkanes of at least 4 members (excludes halogenated alkanes) is 1. The van der Waals surface area contributed by atoms with Crippen LogP contribution in [-0.2, 0) is 16.0 Å². The van der Waals surface area contributed by atoms with Crippen LogP contribution >= 0.6 is 0 Å².